The predicted molar refractivity (Wildman–Crippen MR) is 68.5 cm³/mol. The summed E-state index contributed by atoms with van der Waals surface area (Å²) in [5.74, 6) is 0.167. The van der Waals surface area contributed by atoms with Crippen LogP contribution in [0.5, 0.6) is 0 Å². The van der Waals surface area contributed by atoms with Crippen LogP contribution >= 0.6 is 0 Å². The first-order chi connectivity index (χ1) is 8.09. The van der Waals surface area contributed by atoms with Crippen molar-refractivity contribution in [3.8, 4) is 11.1 Å². The van der Waals surface area contributed by atoms with E-state index in [0.717, 1.165) is 16.7 Å². The van der Waals surface area contributed by atoms with Gasteiger partial charge in [-0.3, -0.25) is 4.98 Å². The Morgan fingerprint density at radius 2 is 1.88 bits per heavy atom. The molecule has 0 atom stereocenters. The molecule has 1 heterocycles. The van der Waals surface area contributed by atoms with Crippen LogP contribution in [0.25, 0.3) is 11.1 Å². The van der Waals surface area contributed by atoms with Crippen LogP contribution in [0.1, 0.15) is 30.9 Å². The van der Waals surface area contributed by atoms with Crippen molar-refractivity contribution in [1.82, 2.24) is 4.98 Å². The van der Waals surface area contributed by atoms with E-state index >= 15 is 0 Å². The Bertz CT molecular complexity index is 532. The lowest BCUT2D eigenvalue weighted by Gasteiger charge is -2.10. The normalized spacial score (nSPS) is 10.9. The Labute approximate surface area is 101 Å². The van der Waals surface area contributed by atoms with E-state index in [0.29, 0.717) is 11.5 Å². The summed E-state index contributed by atoms with van der Waals surface area (Å²) < 4.78 is 14.0. The lowest BCUT2D eigenvalue weighted by atomic mass is 9.97. The molecule has 0 aliphatic heterocycles. The van der Waals surface area contributed by atoms with Gasteiger partial charge in [-0.15, -0.1) is 0 Å². The monoisotopic (exact) mass is 229 g/mol. The maximum Gasteiger partial charge on any atom is 0.131 e. The van der Waals surface area contributed by atoms with Gasteiger partial charge in [-0.2, -0.15) is 0 Å². The third-order valence-electron chi connectivity index (χ3n) is 2.99. The minimum absolute atomic E-state index is 0.174. The van der Waals surface area contributed by atoms with E-state index < -0.39 is 0 Å². The fourth-order valence-corrected chi connectivity index (χ4v) is 1.85. The smallest absolute Gasteiger partial charge is 0.131 e. The molecule has 2 rings (SSSR count). The fourth-order valence-electron chi connectivity index (χ4n) is 1.85. The highest BCUT2D eigenvalue weighted by molar-refractivity contribution is 5.67. The summed E-state index contributed by atoms with van der Waals surface area (Å²) in [6.45, 7) is 6.08. The topological polar surface area (TPSA) is 12.9 Å². The van der Waals surface area contributed by atoms with Crippen LogP contribution in [0.2, 0.25) is 0 Å². The third kappa shape index (κ3) is 2.36. The maximum atomic E-state index is 14.0. The van der Waals surface area contributed by atoms with E-state index in [1.54, 1.807) is 18.5 Å². The highest BCUT2D eigenvalue weighted by Gasteiger charge is 2.09. The molecule has 2 aromatic rings. The summed E-state index contributed by atoms with van der Waals surface area (Å²) in [4.78, 5) is 4.05. The molecule has 0 spiro atoms. The Morgan fingerprint density at radius 3 is 2.47 bits per heavy atom. The molecule has 0 unspecified atom stereocenters. The molecule has 0 saturated heterocycles. The molecule has 1 nitrogen and oxygen atoms in total. The van der Waals surface area contributed by atoms with Gasteiger partial charge >= 0.3 is 0 Å². The molecule has 0 amide bonds. The first-order valence-electron chi connectivity index (χ1n) is 5.80. The number of aryl methyl sites for hydroxylation is 1. The highest BCUT2D eigenvalue weighted by atomic mass is 19.1. The van der Waals surface area contributed by atoms with Crippen LogP contribution in [0.3, 0.4) is 0 Å². The molecule has 0 radical (unpaired) electrons. The standard InChI is InChI=1S/C15H16FN/c1-10(2)12-4-5-13(15(16)8-12)14-9-17-7-6-11(14)3/h4-10H,1-3H3. The maximum absolute atomic E-state index is 14.0. The summed E-state index contributed by atoms with van der Waals surface area (Å²) in [6, 6.07) is 7.34. The second kappa shape index (κ2) is 4.66. The zero-order valence-corrected chi connectivity index (χ0v) is 10.4. The number of nitrogens with zero attached hydrogens (tertiary/aromatic N) is 1. The van der Waals surface area contributed by atoms with E-state index in [2.05, 4.69) is 18.8 Å². The van der Waals surface area contributed by atoms with Crippen molar-refractivity contribution in [2.45, 2.75) is 26.7 Å². The molecule has 1 aromatic carbocycles. The van der Waals surface area contributed by atoms with Crippen molar-refractivity contribution < 1.29 is 4.39 Å². The molecule has 88 valence electrons. The lowest BCUT2D eigenvalue weighted by Crippen LogP contribution is -1.93. The van der Waals surface area contributed by atoms with Gasteiger partial charge in [0.1, 0.15) is 5.82 Å². The molecule has 17 heavy (non-hydrogen) atoms. The molecule has 2 heteroatoms. The van der Waals surface area contributed by atoms with E-state index in [1.165, 1.54) is 0 Å². The van der Waals surface area contributed by atoms with Gasteiger partial charge < -0.3 is 0 Å². The molecular formula is C15H16FN. The molecule has 0 saturated carbocycles. The zero-order valence-electron chi connectivity index (χ0n) is 10.4. The van der Waals surface area contributed by atoms with E-state index in [4.69, 9.17) is 0 Å². The summed E-state index contributed by atoms with van der Waals surface area (Å²) in [5, 5.41) is 0. The summed E-state index contributed by atoms with van der Waals surface area (Å²) in [5.41, 5.74) is 3.55. The SMILES string of the molecule is Cc1ccncc1-c1ccc(C(C)C)cc1F. The Morgan fingerprint density at radius 1 is 1.12 bits per heavy atom. The van der Waals surface area contributed by atoms with Crippen molar-refractivity contribution >= 4 is 0 Å². The summed E-state index contributed by atoms with van der Waals surface area (Å²) in [6.07, 6.45) is 3.43. The molecular weight excluding hydrogens is 213 g/mol. The van der Waals surface area contributed by atoms with Gasteiger partial charge in [-0.1, -0.05) is 26.0 Å². The summed E-state index contributed by atoms with van der Waals surface area (Å²) in [7, 11) is 0. The minimum Gasteiger partial charge on any atom is -0.264 e. The van der Waals surface area contributed by atoms with E-state index in [1.807, 2.05) is 25.1 Å². The number of hydrogen-bond donors (Lipinski definition) is 0. The van der Waals surface area contributed by atoms with Gasteiger partial charge in [0.05, 0.1) is 0 Å². The van der Waals surface area contributed by atoms with Gasteiger partial charge in [0.25, 0.3) is 0 Å². The van der Waals surface area contributed by atoms with Crippen molar-refractivity contribution in [2.24, 2.45) is 0 Å². The van der Waals surface area contributed by atoms with Gasteiger partial charge in [0, 0.05) is 23.5 Å². The van der Waals surface area contributed by atoms with Gasteiger partial charge in [-0.05, 0) is 36.1 Å². The van der Waals surface area contributed by atoms with Crippen molar-refractivity contribution in [2.75, 3.05) is 0 Å². The molecule has 0 N–H and O–H groups in total. The Kier molecular flexibility index (Phi) is 3.23. The molecule has 0 aliphatic carbocycles. The number of pyridine rings is 1. The number of benzene rings is 1. The Hall–Kier alpha value is -1.70. The lowest BCUT2D eigenvalue weighted by molar-refractivity contribution is 0.626. The molecule has 0 fully saturated rings. The number of aromatic nitrogens is 1. The second-order valence-electron chi connectivity index (χ2n) is 4.58. The number of rotatable bonds is 2. The third-order valence-corrected chi connectivity index (χ3v) is 2.99. The average Bonchev–Trinajstić information content (AvgIpc) is 2.30. The Balaban J connectivity index is 2.51. The zero-order chi connectivity index (χ0) is 12.4. The molecule has 0 bridgehead atoms. The average molecular weight is 229 g/mol. The van der Waals surface area contributed by atoms with Gasteiger partial charge in [-0.25, -0.2) is 4.39 Å². The van der Waals surface area contributed by atoms with Crippen LogP contribution < -0.4 is 0 Å². The van der Waals surface area contributed by atoms with Crippen LogP contribution in [-0.4, -0.2) is 4.98 Å². The van der Waals surface area contributed by atoms with Crippen molar-refractivity contribution in [3.63, 3.8) is 0 Å². The fraction of sp³-hybridized carbons (Fsp3) is 0.267. The van der Waals surface area contributed by atoms with Gasteiger partial charge in [0.2, 0.25) is 0 Å². The largest absolute Gasteiger partial charge is 0.264 e. The van der Waals surface area contributed by atoms with E-state index in [9.17, 15) is 4.39 Å². The van der Waals surface area contributed by atoms with Crippen LogP contribution in [0.4, 0.5) is 4.39 Å². The first-order valence-corrected chi connectivity index (χ1v) is 5.80. The number of halogens is 1. The number of hydrogen-bond acceptors (Lipinski definition) is 1. The van der Waals surface area contributed by atoms with Gasteiger partial charge in [0.15, 0.2) is 0 Å². The first kappa shape index (κ1) is 11.8. The quantitative estimate of drug-likeness (QED) is 0.747. The van der Waals surface area contributed by atoms with Crippen LogP contribution in [-0.2, 0) is 0 Å². The van der Waals surface area contributed by atoms with Crippen LogP contribution in [0.15, 0.2) is 36.7 Å². The molecule has 0 aliphatic rings. The molecule has 1 aromatic heterocycles. The van der Waals surface area contributed by atoms with Crippen LogP contribution in [0, 0.1) is 12.7 Å². The van der Waals surface area contributed by atoms with Crippen molar-refractivity contribution in [3.05, 3.63) is 53.6 Å². The summed E-state index contributed by atoms with van der Waals surface area (Å²) >= 11 is 0. The second-order valence-corrected chi connectivity index (χ2v) is 4.58. The van der Waals surface area contributed by atoms with Crippen molar-refractivity contribution in [1.29, 1.82) is 0 Å². The minimum atomic E-state index is -0.174. The van der Waals surface area contributed by atoms with E-state index in [-0.39, 0.29) is 5.82 Å². The highest BCUT2D eigenvalue weighted by Crippen LogP contribution is 2.27. The predicted octanol–water partition coefficient (Wildman–Crippen LogP) is 4.32.